The van der Waals surface area contributed by atoms with Crippen molar-refractivity contribution in [2.75, 3.05) is 6.54 Å². The van der Waals surface area contributed by atoms with E-state index in [9.17, 15) is 4.79 Å². The Morgan fingerprint density at radius 3 is 2.64 bits per heavy atom. The van der Waals surface area contributed by atoms with Crippen LogP contribution in [0.5, 0.6) is 0 Å². The highest BCUT2D eigenvalue weighted by Crippen LogP contribution is 2.30. The van der Waals surface area contributed by atoms with Crippen LogP contribution in [0.1, 0.15) is 44.9 Å². The minimum atomic E-state index is -0.233. The van der Waals surface area contributed by atoms with Crippen molar-refractivity contribution in [1.82, 2.24) is 25.4 Å². The van der Waals surface area contributed by atoms with Gasteiger partial charge >= 0.3 is 6.03 Å². The van der Waals surface area contributed by atoms with Gasteiger partial charge in [-0.1, -0.05) is 0 Å². The van der Waals surface area contributed by atoms with Gasteiger partial charge in [0.15, 0.2) is 0 Å². The average Bonchev–Trinajstić information content (AvgIpc) is 2.93. The summed E-state index contributed by atoms with van der Waals surface area (Å²) in [4.78, 5) is 16.0. The first-order valence-electron chi connectivity index (χ1n) is 8.99. The molecule has 1 aliphatic rings. The molecule has 25 heavy (non-hydrogen) atoms. The molecule has 0 aromatic carbocycles. The molecule has 1 aliphatic carbocycles. The third kappa shape index (κ3) is 4.38. The predicted octanol–water partition coefficient (Wildman–Crippen LogP) is 2.92. The minimum absolute atomic E-state index is 0.136. The number of hydrogen-bond donors (Lipinski definition) is 2. The zero-order valence-corrected chi connectivity index (χ0v) is 15.3. The van der Waals surface area contributed by atoms with Crippen LogP contribution in [0.4, 0.5) is 4.79 Å². The summed E-state index contributed by atoms with van der Waals surface area (Å²) in [6, 6.07) is 3.88. The molecule has 0 aliphatic heterocycles. The maximum atomic E-state index is 11.9. The molecule has 0 atom stereocenters. The minimum Gasteiger partial charge on any atom is -0.336 e. The van der Waals surface area contributed by atoms with Crippen LogP contribution in [-0.2, 0) is 19.4 Å². The molecule has 3 rings (SSSR count). The van der Waals surface area contributed by atoms with Crippen molar-refractivity contribution in [2.45, 2.75) is 58.5 Å². The SMILES string of the molecule is CC(C)(C)NC(=O)NCCn1nc(-c2ccncc2)c2c1CCCC2. The van der Waals surface area contributed by atoms with Gasteiger partial charge in [-0.2, -0.15) is 5.10 Å². The second-order valence-electron chi connectivity index (χ2n) is 7.57. The fourth-order valence-electron chi connectivity index (χ4n) is 3.26. The molecule has 2 aromatic heterocycles. The molecule has 0 saturated carbocycles. The van der Waals surface area contributed by atoms with Crippen molar-refractivity contribution in [3.05, 3.63) is 35.8 Å². The smallest absolute Gasteiger partial charge is 0.315 e. The number of carbonyl (C=O) groups is 1. The molecule has 2 N–H and O–H groups in total. The van der Waals surface area contributed by atoms with Crippen LogP contribution in [0.25, 0.3) is 11.3 Å². The fraction of sp³-hybridized carbons (Fsp3) is 0.526. The standard InChI is InChI=1S/C19H27N5O/c1-19(2,3)22-18(25)21-12-13-24-16-7-5-4-6-15(16)17(23-24)14-8-10-20-11-9-14/h8-11H,4-7,12-13H2,1-3H3,(H2,21,22,25). The van der Waals surface area contributed by atoms with Crippen molar-refractivity contribution in [2.24, 2.45) is 0 Å². The number of carbonyl (C=O) groups excluding carboxylic acids is 1. The Morgan fingerprint density at radius 2 is 1.92 bits per heavy atom. The number of rotatable bonds is 4. The van der Waals surface area contributed by atoms with E-state index in [0.29, 0.717) is 13.1 Å². The quantitative estimate of drug-likeness (QED) is 0.898. The van der Waals surface area contributed by atoms with Crippen molar-refractivity contribution >= 4 is 6.03 Å². The lowest BCUT2D eigenvalue weighted by molar-refractivity contribution is 0.231. The van der Waals surface area contributed by atoms with Crippen molar-refractivity contribution < 1.29 is 4.79 Å². The van der Waals surface area contributed by atoms with E-state index in [1.54, 1.807) is 0 Å². The van der Waals surface area contributed by atoms with Crippen LogP contribution in [0.3, 0.4) is 0 Å². The van der Waals surface area contributed by atoms with Gasteiger partial charge in [0.05, 0.1) is 12.2 Å². The Balaban J connectivity index is 1.72. The monoisotopic (exact) mass is 341 g/mol. The Morgan fingerprint density at radius 1 is 1.20 bits per heavy atom. The Labute approximate surface area is 149 Å². The summed E-state index contributed by atoms with van der Waals surface area (Å²) in [5, 5.41) is 10.7. The second kappa shape index (κ2) is 7.25. The number of nitrogens with zero attached hydrogens (tertiary/aromatic N) is 3. The molecule has 2 amide bonds. The number of aromatic nitrogens is 3. The van der Waals surface area contributed by atoms with Crippen LogP contribution in [0, 0.1) is 0 Å². The summed E-state index contributed by atoms with van der Waals surface area (Å²) >= 11 is 0. The van der Waals surface area contributed by atoms with E-state index in [4.69, 9.17) is 5.10 Å². The highest BCUT2D eigenvalue weighted by Gasteiger charge is 2.21. The van der Waals surface area contributed by atoms with Gasteiger partial charge in [-0.15, -0.1) is 0 Å². The highest BCUT2D eigenvalue weighted by atomic mass is 16.2. The van der Waals surface area contributed by atoms with Crippen LogP contribution in [0.15, 0.2) is 24.5 Å². The molecule has 2 aromatic rings. The maximum Gasteiger partial charge on any atom is 0.315 e. The molecular formula is C19H27N5O. The number of hydrogen-bond acceptors (Lipinski definition) is 3. The zero-order valence-electron chi connectivity index (χ0n) is 15.3. The largest absolute Gasteiger partial charge is 0.336 e. The van der Waals surface area contributed by atoms with Gasteiger partial charge in [0, 0.05) is 41.3 Å². The normalized spacial score (nSPS) is 14.0. The summed E-state index contributed by atoms with van der Waals surface area (Å²) in [7, 11) is 0. The molecule has 0 fully saturated rings. The van der Waals surface area contributed by atoms with Crippen LogP contribution < -0.4 is 10.6 Å². The molecule has 0 saturated heterocycles. The van der Waals surface area contributed by atoms with E-state index in [2.05, 4.69) is 20.3 Å². The van der Waals surface area contributed by atoms with Crippen LogP contribution in [0.2, 0.25) is 0 Å². The number of amides is 2. The Bertz CT molecular complexity index is 730. The predicted molar refractivity (Wildman–Crippen MR) is 98.4 cm³/mol. The fourth-order valence-corrected chi connectivity index (χ4v) is 3.26. The lowest BCUT2D eigenvalue weighted by atomic mass is 9.94. The lowest BCUT2D eigenvalue weighted by Crippen LogP contribution is -2.47. The van der Waals surface area contributed by atoms with E-state index >= 15 is 0 Å². The van der Waals surface area contributed by atoms with Gasteiger partial charge in [-0.25, -0.2) is 4.79 Å². The third-order valence-corrected chi connectivity index (χ3v) is 4.31. The van der Waals surface area contributed by atoms with Gasteiger partial charge in [0.2, 0.25) is 0 Å². The summed E-state index contributed by atoms with van der Waals surface area (Å²) in [6.45, 7) is 7.16. The average molecular weight is 341 g/mol. The molecule has 0 unspecified atom stereocenters. The lowest BCUT2D eigenvalue weighted by Gasteiger charge is -2.21. The molecule has 0 bridgehead atoms. The summed E-state index contributed by atoms with van der Waals surface area (Å²) in [5.74, 6) is 0. The van der Waals surface area contributed by atoms with E-state index in [1.165, 1.54) is 24.1 Å². The van der Waals surface area contributed by atoms with Gasteiger partial charge in [-0.3, -0.25) is 9.67 Å². The van der Waals surface area contributed by atoms with E-state index in [-0.39, 0.29) is 11.6 Å². The third-order valence-electron chi connectivity index (χ3n) is 4.31. The van der Waals surface area contributed by atoms with Gasteiger partial charge in [0.1, 0.15) is 0 Å². The molecule has 2 heterocycles. The first-order chi connectivity index (χ1) is 11.9. The summed E-state index contributed by atoms with van der Waals surface area (Å²) in [6.07, 6.45) is 8.16. The van der Waals surface area contributed by atoms with Crippen molar-refractivity contribution in [3.63, 3.8) is 0 Å². The maximum absolute atomic E-state index is 11.9. The van der Waals surface area contributed by atoms with Crippen LogP contribution in [-0.4, -0.2) is 32.9 Å². The number of nitrogens with one attached hydrogen (secondary N) is 2. The van der Waals surface area contributed by atoms with Crippen molar-refractivity contribution in [3.8, 4) is 11.3 Å². The number of fused-ring (bicyclic) bond motifs is 1. The zero-order chi connectivity index (χ0) is 17.9. The van der Waals surface area contributed by atoms with E-state index in [0.717, 1.165) is 24.1 Å². The van der Waals surface area contributed by atoms with E-state index in [1.807, 2.05) is 45.3 Å². The van der Waals surface area contributed by atoms with Crippen molar-refractivity contribution in [1.29, 1.82) is 0 Å². The Kier molecular flexibility index (Phi) is 5.06. The molecule has 134 valence electrons. The summed E-state index contributed by atoms with van der Waals surface area (Å²) < 4.78 is 2.07. The Hall–Kier alpha value is -2.37. The van der Waals surface area contributed by atoms with Crippen LogP contribution >= 0.6 is 0 Å². The number of urea groups is 1. The molecule has 0 radical (unpaired) electrons. The molecule has 6 nitrogen and oxygen atoms in total. The molecule has 0 spiro atoms. The van der Waals surface area contributed by atoms with E-state index < -0.39 is 0 Å². The molecular weight excluding hydrogens is 314 g/mol. The number of pyridine rings is 1. The van der Waals surface area contributed by atoms with Gasteiger partial charge in [0.25, 0.3) is 0 Å². The first kappa shape index (κ1) is 17.5. The first-order valence-corrected chi connectivity index (χ1v) is 8.99. The molecule has 6 heteroatoms. The highest BCUT2D eigenvalue weighted by molar-refractivity contribution is 5.74. The topological polar surface area (TPSA) is 71.8 Å². The van der Waals surface area contributed by atoms with Gasteiger partial charge in [-0.05, 0) is 58.6 Å². The second-order valence-corrected chi connectivity index (χ2v) is 7.57. The van der Waals surface area contributed by atoms with Gasteiger partial charge < -0.3 is 10.6 Å². The summed E-state index contributed by atoms with van der Waals surface area (Å²) in [5.41, 5.74) is 4.62.